The maximum atomic E-state index is 11.5. The molecule has 0 unspecified atom stereocenters. The number of rotatable bonds is 30. The molecule has 0 aliphatic heterocycles. The lowest BCUT2D eigenvalue weighted by Gasteiger charge is -2.15. The van der Waals surface area contributed by atoms with Crippen molar-refractivity contribution in [3.05, 3.63) is 349 Å². The smallest absolute Gasteiger partial charge is 0.493 e. The lowest BCUT2D eigenvalue weighted by atomic mass is 10.0. The first-order valence-corrected chi connectivity index (χ1v) is 43.2. The minimum Gasteiger partial charge on any atom is -0.493 e. The number of aliphatic hydroxyl groups excluding tert-OH is 1. The van der Waals surface area contributed by atoms with E-state index in [4.69, 9.17) is 61.6 Å². The maximum Gasteiger partial charge on any atom is 0.513 e. The molecule has 12 aromatic rings. The molecule has 1 aliphatic carbocycles. The van der Waals surface area contributed by atoms with Crippen molar-refractivity contribution in [2.45, 2.75) is 139 Å². The monoisotopic (exact) mass is 1830 g/mol. The molecular formula is C106H114O26S. The fourth-order valence-electron chi connectivity index (χ4n) is 12.4. The Kier molecular flexibility index (Phi) is 43.0. The van der Waals surface area contributed by atoms with Gasteiger partial charge in [0.2, 0.25) is 0 Å². The molecule has 700 valence electrons. The summed E-state index contributed by atoms with van der Waals surface area (Å²) in [5.41, 5.74) is 16.5. The Hall–Kier alpha value is -14.8. The number of hydrogen-bond acceptors (Lipinski definition) is 27. The van der Waals surface area contributed by atoms with Crippen LogP contribution in [0, 0.1) is 48.5 Å². The van der Waals surface area contributed by atoms with Gasteiger partial charge in [0, 0.05) is 33.6 Å². The van der Waals surface area contributed by atoms with Gasteiger partial charge in [-0.25, -0.2) is 28.8 Å². The summed E-state index contributed by atoms with van der Waals surface area (Å²) in [5.74, 6) is 8.71. The summed E-state index contributed by atoms with van der Waals surface area (Å²) in [4.78, 5) is 68.1. The minimum atomic E-state index is -0.813. The van der Waals surface area contributed by atoms with E-state index >= 15 is 0 Å². The molecule has 0 atom stereocenters. The van der Waals surface area contributed by atoms with Gasteiger partial charge in [-0.1, -0.05) is 180 Å². The minimum absolute atomic E-state index is 0.173. The van der Waals surface area contributed by atoms with Gasteiger partial charge in [-0.3, -0.25) is 0 Å². The standard InChI is InChI=1S/C19H20O4.C18H20O5.C18H20O4.C17H18O5.C17H18O4S.C17H18O4/c1-13-6-10-15(11-7-13)22-12-17-16(14-8-9-14)4-3-5-18(17)23-19(20)21-2;1-4-21-16-6-5-7-17(23-18(19)20-3)15(16)12-22-14-10-8-13(2)9-11-14;1-4-14-6-5-7-17(22-18(19)20-3)16(14)12-21-15-10-8-13(2)9-11-15;1-12-6-8-14(9-7-12)21-11-15-13(10-18)4-3-5-16(15)22-17(19)20-2;1-12-6-8-14(9-7-12)20-10-15-13(11-22)4-3-5-16(15)21-17(18)19-2;1-12-7-9-14(10-8-12)20-11-15-13(2)5-4-6-16(15)21-17(18)19-3/h3-7,10-11,14H,8-9,12H2,1-2H3;5-11H,4,12H2,1-3H3;5-11H,4,12H2,1-3H3;3-9,18H,10-11H2,1-2H3;3-9,22H,10-11H2,1-2H3;4-10H,11H2,1-3H3. The second-order valence-electron chi connectivity index (χ2n) is 29.6. The van der Waals surface area contributed by atoms with Crippen molar-refractivity contribution in [1.82, 2.24) is 0 Å². The third kappa shape index (κ3) is 34.9. The van der Waals surface area contributed by atoms with Crippen LogP contribution in [0.2, 0.25) is 0 Å². The highest BCUT2D eigenvalue weighted by atomic mass is 32.1. The lowest BCUT2D eigenvalue weighted by Crippen LogP contribution is -2.11. The Morgan fingerprint density at radius 2 is 0.519 bits per heavy atom. The summed E-state index contributed by atoms with van der Waals surface area (Å²) in [6.45, 7) is 20.0. The van der Waals surface area contributed by atoms with Gasteiger partial charge in [-0.05, 0) is 224 Å². The first-order valence-electron chi connectivity index (χ1n) is 42.5. The van der Waals surface area contributed by atoms with Gasteiger partial charge < -0.3 is 95.1 Å². The van der Waals surface area contributed by atoms with E-state index in [2.05, 4.69) is 47.1 Å². The molecule has 12 aromatic carbocycles. The summed E-state index contributed by atoms with van der Waals surface area (Å²) < 4.78 is 98.6. The molecule has 0 amide bonds. The highest BCUT2D eigenvalue weighted by molar-refractivity contribution is 7.79. The third-order valence-electron chi connectivity index (χ3n) is 19.9. The molecule has 0 heterocycles. The quantitative estimate of drug-likeness (QED) is 0.0183. The van der Waals surface area contributed by atoms with Gasteiger partial charge in [-0.15, -0.1) is 0 Å². The van der Waals surface area contributed by atoms with Crippen LogP contribution in [0.5, 0.6) is 74.7 Å². The molecule has 133 heavy (non-hydrogen) atoms. The summed E-state index contributed by atoms with van der Waals surface area (Å²) in [6, 6.07) is 79.2. The predicted molar refractivity (Wildman–Crippen MR) is 506 cm³/mol. The molecule has 0 radical (unpaired) electrons. The molecule has 13 rings (SSSR count). The second-order valence-corrected chi connectivity index (χ2v) is 29.9. The van der Waals surface area contributed by atoms with E-state index in [1.54, 1.807) is 60.7 Å². The van der Waals surface area contributed by atoms with Crippen molar-refractivity contribution in [2.24, 2.45) is 0 Å². The number of carbonyl (C=O) groups excluding carboxylic acids is 6. The van der Waals surface area contributed by atoms with E-state index in [0.717, 1.165) is 90.8 Å². The third-order valence-corrected chi connectivity index (χ3v) is 20.3. The van der Waals surface area contributed by atoms with Crippen LogP contribution in [-0.2, 0) is 86.8 Å². The van der Waals surface area contributed by atoms with Gasteiger partial charge in [0.05, 0.1) is 61.4 Å². The number of hydrogen-bond donors (Lipinski definition) is 2. The van der Waals surface area contributed by atoms with E-state index in [-0.39, 0.29) is 26.4 Å². The number of aliphatic hydroxyl groups is 1. The molecule has 0 aromatic heterocycles. The van der Waals surface area contributed by atoms with E-state index < -0.39 is 36.9 Å². The van der Waals surface area contributed by atoms with Gasteiger partial charge >= 0.3 is 36.9 Å². The van der Waals surface area contributed by atoms with Crippen molar-refractivity contribution in [1.29, 1.82) is 0 Å². The topological polar surface area (TPSA) is 298 Å². The fraction of sp³-hybridized carbons (Fsp3) is 0.264. The summed E-state index contributed by atoms with van der Waals surface area (Å²) in [7, 11) is 7.63. The number of benzene rings is 12. The lowest BCUT2D eigenvalue weighted by molar-refractivity contribution is 0.119. The van der Waals surface area contributed by atoms with Crippen LogP contribution < -0.4 is 61.6 Å². The molecule has 1 fully saturated rings. The highest BCUT2D eigenvalue weighted by Gasteiger charge is 2.29. The molecule has 1 N–H and O–H groups in total. The average Bonchev–Trinajstić information content (AvgIpc) is 1.72. The number of methoxy groups -OCH3 is 6. The Bertz CT molecular complexity index is 5390. The SMILES string of the molecule is CCOc1cccc(OC(=O)OC)c1COc1ccc(C)cc1.CCc1cccc(OC(=O)OC)c1COc1ccc(C)cc1.COC(=O)Oc1cccc(C)c1COc1ccc(C)cc1.COC(=O)Oc1cccc(C2CC2)c1COc1ccc(C)cc1.COC(=O)Oc1cccc(CO)c1COc1ccc(C)cc1.COC(=O)Oc1cccc(CS)c1COc1ccc(C)cc1. The first kappa shape index (κ1) is 104. The van der Waals surface area contributed by atoms with Crippen molar-refractivity contribution in [3.8, 4) is 74.7 Å². The molecule has 27 heteroatoms. The molecule has 1 saturated carbocycles. The van der Waals surface area contributed by atoms with Crippen LogP contribution in [0.4, 0.5) is 28.8 Å². The number of carbonyl (C=O) groups is 6. The largest absolute Gasteiger partial charge is 0.513 e. The highest BCUT2D eigenvalue weighted by Crippen LogP contribution is 2.44. The van der Waals surface area contributed by atoms with E-state index in [1.165, 1.54) is 77.8 Å². The van der Waals surface area contributed by atoms with Crippen molar-refractivity contribution >= 4 is 49.6 Å². The van der Waals surface area contributed by atoms with E-state index in [1.807, 2.05) is 250 Å². The Morgan fingerprint density at radius 1 is 0.278 bits per heavy atom. The number of aryl methyl sites for hydroxylation is 8. The fourth-order valence-corrected chi connectivity index (χ4v) is 12.7. The van der Waals surface area contributed by atoms with Gasteiger partial charge in [0.15, 0.2) is 0 Å². The Labute approximate surface area is 782 Å². The van der Waals surface area contributed by atoms with Crippen molar-refractivity contribution in [2.75, 3.05) is 49.3 Å². The molecule has 1 aliphatic rings. The number of thiol groups is 1. The summed E-state index contributed by atoms with van der Waals surface area (Å²) >= 11 is 4.31. The van der Waals surface area contributed by atoms with Crippen LogP contribution in [0.3, 0.4) is 0 Å². The summed E-state index contributed by atoms with van der Waals surface area (Å²) in [5, 5.41) is 9.44. The Morgan fingerprint density at radius 3 is 0.820 bits per heavy atom. The Balaban J connectivity index is 0.000000197. The zero-order valence-electron chi connectivity index (χ0n) is 77.4. The van der Waals surface area contributed by atoms with Crippen molar-refractivity contribution < 1.29 is 124 Å². The van der Waals surface area contributed by atoms with E-state index in [9.17, 15) is 33.9 Å². The normalized spacial score (nSPS) is 10.7. The predicted octanol–water partition coefficient (Wildman–Crippen LogP) is 24.4. The van der Waals surface area contributed by atoms with Gasteiger partial charge in [-0.2, -0.15) is 12.6 Å². The van der Waals surface area contributed by atoms with Crippen molar-refractivity contribution in [3.63, 3.8) is 0 Å². The molecule has 0 bridgehead atoms. The molecule has 26 nitrogen and oxygen atoms in total. The zero-order chi connectivity index (χ0) is 96.0. The maximum absolute atomic E-state index is 11.5. The molecule has 0 spiro atoms. The van der Waals surface area contributed by atoms with Gasteiger partial charge in [0.1, 0.15) is 114 Å². The van der Waals surface area contributed by atoms with Crippen LogP contribution in [-0.4, -0.2) is 91.3 Å². The first-order chi connectivity index (χ1) is 64.3. The van der Waals surface area contributed by atoms with Gasteiger partial charge in [0.25, 0.3) is 0 Å². The molecule has 0 saturated heterocycles. The zero-order valence-corrected chi connectivity index (χ0v) is 78.3. The van der Waals surface area contributed by atoms with Crippen LogP contribution in [0.1, 0.15) is 127 Å². The van der Waals surface area contributed by atoms with Crippen LogP contribution in [0.25, 0.3) is 0 Å². The number of ether oxygens (including phenoxy) is 19. The average molecular weight is 1840 g/mol. The van der Waals surface area contributed by atoms with Crippen LogP contribution in [0.15, 0.2) is 255 Å². The van der Waals surface area contributed by atoms with Crippen LogP contribution >= 0.6 is 12.6 Å². The molecular weight excluding hydrogens is 1720 g/mol. The van der Waals surface area contributed by atoms with E-state index in [0.29, 0.717) is 101 Å². The second kappa shape index (κ2) is 55.3. The summed E-state index contributed by atoms with van der Waals surface area (Å²) in [6.07, 6.45) is -1.38.